The largest absolute Gasteiger partial charge is 0.497 e. The van der Waals surface area contributed by atoms with Crippen molar-refractivity contribution < 1.29 is 17.9 Å². The van der Waals surface area contributed by atoms with Gasteiger partial charge in [0.1, 0.15) is 11.5 Å². The molecule has 0 unspecified atom stereocenters. The fourth-order valence-corrected chi connectivity index (χ4v) is 5.43. The quantitative estimate of drug-likeness (QED) is 0.742. The number of rotatable bonds is 7. The summed E-state index contributed by atoms with van der Waals surface area (Å²) in [6, 6.07) is 5.61. The highest BCUT2D eigenvalue weighted by Crippen LogP contribution is 2.35. The van der Waals surface area contributed by atoms with E-state index in [1.807, 2.05) is 18.2 Å². The molecular weight excluding hydrogens is 340 g/mol. The zero-order valence-electron chi connectivity index (χ0n) is 15.3. The smallest absolute Gasteiger partial charge is 0.282 e. The molecule has 0 spiro atoms. The number of nitrogens with zero attached hydrogens (tertiary/aromatic N) is 2. The maximum atomic E-state index is 13.3. The summed E-state index contributed by atoms with van der Waals surface area (Å²) in [7, 11) is -0.254. The van der Waals surface area contributed by atoms with E-state index in [9.17, 15) is 8.42 Å². The van der Waals surface area contributed by atoms with Gasteiger partial charge in [-0.1, -0.05) is 6.92 Å². The maximum absolute atomic E-state index is 13.3. The van der Waals surface area contributed by atoms with E-state index in [4.69, 9.17) is 9.47 Å². The molecule has 6 nitrogen and oxygen atoms in total. The van der Waals surface area contributed by atoms with Gasteiger partial charge in [-0.05, 0) is 49.8 Å². The molecule has 1 atom stereocenters. The summed E-state index contributed by atoms with van der Waals surface area (Å²) >= 11 is 0. The Hall–Kier alpha value is -1.31. The fraction of sp³-hybridized carbons (Fsp3) is 0.667. The monoisotopic (exact) mass is 368 g/mol. The number of benzene rings is 1. The van der Waals surface area contributed by atoms with Gasteiger partial charge in [-0.3, -0.25) is 0 Å². The van der Waals surface area contributed by atoms with E-state index in [1.165, 1.54) is 0 Å². The van der Waals surface area contributed by atoms with Crippen LogP contribution in [0.15, 0.2) is 18.2 Å². The van der Waals surface area contributed by atoms with E-state index in [2.05, 4.69) is 6.92 Å². The first-order chi connectivity index (χ1) is 12.0. The topological polar surface area (TPSA) is 59.1 Å². The van der Waals surface area contributed by atoms with Crippen LogP contribution in [0.4, 0.5) is 0 Å². The second-order valence-electron chi connectivity index (χ2n) is 7.07. The zero-order chi connectivity index (χ0) is 18.0. The van der Waals surface area contributed by atoms with Crippen LogP contribution >= 0.6 is 0 Å². The molecule has 0 N–H and O–H groups in total. The summed E-state index contributed by atoms with van der Waals surface area (Å²) in [6.07, 6.45) is 3.88. The lowest BCUT2D eigenvalue weighted by Gasteiger charge is -2.34. The Kier molecular flexibility index (Phi) is 5.55. The van der Waals surface area contributed by atoms with Gasteiger partial charge in [0, 0.05) is 31.2 Å². The van der Waals surface area contributed by atoms with Crippen LogP contribution in [0.5, 0.6) is 11.5 Å². The van der Waals surface area contributed by atoms with Gasteiger partial charge in [0.15, 0.2) is 0 Å². The average molecular weight is 368 g/mol. The van der Waals surface area contributed by atoms with E-state index < -0.39 is 10.2 Å². The van der Waals surface area contributed by atoms with Crippen molar-refractivity contribution in [3.63, 3.8) is 0 Å². The Morgan fingerprint density at radius 3 is 2.56 bits per heavy atom. The first-order valence-corrected chi connectivity index (χ1v) is 10.3. The van der Waals surface area contributed by atoms with Crippen LogP contribution in [-0.2, 0) is 16.8 Å². The van der Waals surface area contributed by atoms with Crippen molar-refractivity contribution in [1.82, 2.24) is 8.61 Å². The third-order valence-corrected chi connectivity index (χ3v) is 7.01. The Bertz CT molecular complexity index is 703. The number of hydrogen-bond donors (Lipinski definition) is 0. The highest BCUT2D eigenvalue weighted by molar-refractivity contribution is 7.86. The van der Waals surface area contributed by atoms with Crippen molar-refractivity contribution in [2.24, 2.45) is 5.92 Å². The molecule has 1 saturated heterocycles. The molecular formula is C18H28N2O4S. The molecule has 140 valence electrons. The van der Waals surface area contributed by atoms with Crippen molar-refractivity contribution >= 4 is 10.2 Å². The molecule has 0 aromatic heterocycles. The summed E-state index contributed by atoms with van der Waals surface area (Å²) in [5.41, 5.74) is 0.836. The van der Waals surface area contributed by atoms with E-state index in [0.29, 0.717) is 37.1 Å². The van der Waals surface area contributed by atoms with Gasteiger partial charge >= 0.3 is 0 Å². The molecule has 1 saturated carbocycles. The maximum Gasteiger partial charge on any atom is 0.282 e. The molecule has 0 radical (unpaired) electrons. The highest BCUT2D eigenvalue weighted by atomic mass is 32.2. The van der Waals surface area contributed by atoms with Crippen molar-refractivity contribution in [3.8, 4) is 11.5 Å². The lowest BCUT2D eigenvalue weighted by molar-refractivity contribution is 0.253. The van der Waals surface area contributed by atoms with Gasteiger partial charge in [0.05, 0.1) is 14.2 Å². The molecule has 1 aromatic carbocycles. The molecule has 25 heavy (non-hydrogen) atoms. The number of ether oxygens (including phenoxy) is 2. The minimum Gasteiger partial charge on any atom is -0.497 e. The van der Waals surface area contributed by atoms with Gasteiger partial charge in [-0.15, -0.1) is 0 Å². The number of piperidine rings is 1. The molecule has 0 amide bonds. The Morgan fingerprint density at radius 1 is 1.20 bits per heavy atom. The minimum absolute atomic E-state index is 0.0955. The van der Waals surface area contributed by atoms with Crippen LogP contribution in [0.2, 0.25) is 0 Å². The third-order valence-electron chi connectivity index (χ3n) is 5.01. The molecule has 1 heterocycles. The molecule has 2 fully saturated rings. The first-order valence-electron chi connectivity index (χ1n) is 8.93. The van der Waals surface area contributed by atoms with Gasteiger partial charge in [0.2, 0.25) is 0 Å². The van der Waals surface area contributed by atoms with Gasteiger partial charge in [-0.2, -0.15) is 17.0 Å². The molecule has 3 rings (SSSR count). The molecule has 2 aliphatic rings. The Labute approximate surface area is 150 Å². The van der Waals surface area contributed by atoms with E-state index in [1.54, 1.807) is 22.8 Å². The SMILES string of the molecule is COc1ccc(OC)c(CN(C2CC2)S(=O)(=O)N2CCC[C@@H](C)C2)c1. The highest BCUT2D eigenvalue weighted by Gasteiger charge is 2.41. The van der Waals surface area contributed by atoms with Gasteiger partial charge in [-0.25, -0.2) is 0 Å². The van der Waals surface area contributed by atoms with Crippen LogP contribution in [0.1, 0.15) is 38.2 Å². The minimum atomic E-state index is -3.47. The van der Waals surface area contributed by atoms with Crippen LogP contribution in [0.25, 0.3) is 0 Å². The predicted octanol–water partition coefficient (Wildman–Crippen LogP) is 2.64. The summed E-state index contributed by atoms with van der Waals surface area (Å²) in [6.45, 7) is 3.67. The van der Waals surface area contributed by atoms with E-state index in [0.717, 1.165) is 31.2 Å². The molecule has 7 heteroatoms. The Balaban J connectivity index is 1.87. The first kappa shape index (κ1) is 18.5. The number of hydrogen-bond acceptors (Lipinski definition) is 4. The van der Waals surface area contributed by atoms with Gasteiger partial charge < -0.3 is 9.47 Å². The van der Waals surface area contributed by atoms with E-state index in [-0.39, 0.29) is 6.04 Å². The van der Waals surface area contributed by atoms with E-state index >= 15 is 0 Å². The lowest BCUT2D eigenvalue weighted by atomic mass is 10.0. The van der Waals surface area contributed by atoms with Crippen molar-refractivity contribution in [3.05, 3.63) is 23.8 Å². The third kappa shape index (κ3) is 4.10. The molecule has 1 aliphatic carbocycles. The van der Waals surface area contributed by atoms with Gasteiger partial charge in [0.25, 0.3) is 10.2 Å². The zero-order valence-corrected chi connectivity index (χ0v) is 16.1. The van der Waals surface area contributed by atoms with Crippen molar-refractivity contribution in [2.45, 2.75) is 45.2 Å². The lowest BCUT2D eigenvalue weighted by Crippen LogP contribution is -2.48. The normalized spacial score (nSPS) is 22.2. The molecule has 1 aliphatic heterocycles. The Morgan fingerprint density at radius 2 is 1.96 bits per heavy atom. The van der Waals surface area contributed by atoms with Crippen LogP contribution < -0.4 is 9.47 Å². The van der Waals surface area contributed by atoms with Crippen molar-refractivity contribution in [2.75, 3.05) is 27.3 Å². The summed E-state index contributed by atoms with van der Waals surface area (Å²) in [4.78, 5) is 0. The number of methoxy groups -OCH3 is 2. The van der Waals surface area contributed by atoms with Crippen LogP contribution in [0.3, 0.4) is 0 Å². The second-order valence-corrected chi connectivity index (χ2v) is 8.95. The van der Waals surface area contributed by atoms with Crippen LogP contribution in [0, 0.1) is 5.92 Å². The standard InChI is InChI=1S/C18H28N2O4S/c1-14-5-4-10-19(12-14)25(21,22)20(16-6-7-16)13-15-11-17(23-2)8-9-18(15)24-3/h8-9,11,14,16H,4-7,10,12-13H2,1-3H3/t14-/m1/s1. The second kappa shape index (κ2) is 7.51. The summed E-state index contributed by atoms with van der Waals surface area (Å²) in [5, 5.41) is 0. The summed E-state index contributed by atoms with van der Waals surface area (Å²) < 4.78 is 40.5. The summed E-state index contributed by atoms with van der Waals surface area (Å²) in [5.74, 6) is 1.81. The van der Waals surface area contributed by atoms with Crippen molar-refractivity contribution in [1.29, 1.82) is 0 Å². The molecule has 1 aromatic rings. The van der Waals surface area contributed by atoms with Crippen LogP contribution in [-0.4, -0.2) is 50.4 Å². The average Bonchev–Trinajstić information content (AvgIpc) is 3.44. The fourth-order valence-electron chi connectivity index (χ4n) is 3.44. The molecule has 0 bridgehead atoms. The predicted molar refractivity (Wildman–Crippen MR) is 97.0 cm³/mol.